The Morgan fingerprint density at radius 1 is 1.35 bits per heavy atom. The molecule has 0 radical (unpaired) electrons. The van der Waals surface area contributed by atoms with E-state index >= 15 is 0 Å². The van der Waals surface area contributed by atoms with Gasteiger partial charge in [0.1, 0.15) is 6.54 Å². The highest BCUT2D eigenvalue weighted by atomic mass is 19.4. The number of aromatic nitrogens is 1. The van der Waals surface area contributed by atoms with Crippen LogP contribution in [0.4, 0.5) is 13.2 Å². The summed E-state index contributed by atoms with van der Waals surface area (Å²) in [6.45, 7) is 3.56. The van der Waals surface area contributed by atoms with Crippen LogP contribution in [0.3, 0.4) is 0 Å². The molecule has 0 N–H and O–H groups in total. The average Bonchev–Trinajstić information content (AvgIpc) is 2.30. The van der Waals surface area contributed by atoms with Gasteiger partial charge in [-0.15, -0.1) is 0 Å². The number of carbonyl (C=O) groups excluding carboxylic acids is 1. The Labute approximate surface area is 114 Å². The summed E-state index contributed by atoms with van der Waals surface area (Å²) in [5.41, 5.74) is -1.66. The van der Waals surface area contributed by atoms with E-state index < -0.39 is 29.8 Å². The van der Waals surface area contributed by atoms with Crippen molar-refractivity contribution in [3.05, 3.63) is 34.2 Å². The molecule has 1 heterocycles. The molecule has 1 aromatic rings. The molecule has 0 aliphatic rings. The lowest BCUT2D eigenvalue weighted by Crippen LogP contribution is -2.26. The molecule has 0 amide bonds. The third-order valence-electron chi connectivity index (χ3n) is 2.57. The largest absolute Gasteiger partial charge is 0.464 e. The van der Waals surface area contributed by atoms with Crippen LogP contribution >= 0.6 is 0 Å². The van der Waals surface area contributed by atoms with E-state index in [0.29, 0.717) is 29.2 Å². The Morgan fingerprint density at radius 3 is 2.55 bits per heavy atom. The Bertz CT molecular complexity index is 520. The van der Waals surface area contributed by atoms with Crippen molar-refractivity contribution in [1.29, 1.82) is 0 Å². The van der Waals surface area contributed by atoms with Crippen molar-refractivity contribution in [2.45, 2.75) is 33.0 Å². The van der Waals surface area contributed by atoms with Crippen LogP contribution in [0, 0.1) is 5.92 Å². The molecule has 0 saturated heterocycles. The number of halogens is 3. The van der Waals surface area contributed by atoms with Gasteiger partial charge >= 0.3 is 12.1 Å². The van der Waals surface area contributed by atoms with Crippen LogP contribution in [0.1, 0.15) is 25.8 Å². The number of ether oxygens (including phenoxy) is 1. The van der Waals surface area contributed by atoms with Gasteiger partial charge in [-0.2, -0.15) is 13.2 Å². The summed E-state index contributed by atoms with van der Waals surface area (Å²) in [7, 11) is 0. The Kier molecular flexibility index (Phi) is 5.35. The zero-order chi connectivity index (χ0) is 15.3. The topological polar surface area (TPSA) is 48.3 Å². The molecule has 7 heteroatoms. The molecule has 1 aromatic heterocycles. The smallest absolute Gasteiger partial charge is 0.417 e. The highest BCUT2D eigenvalue weighted by Gasteiger charge is 2.31. The number of alkyl halides is 3. The fourth-order valence-corrected chi connectivity index (χ4v) is 1.42. The summed E-state index contributed by atoms with van der Waals surface area (Å²) in [6, 6.07) is 1.47. The van der Waals surface area contributed by atoms with E-state index in [4.69, 9.17) is 4.74 Å². The molecule has 20 heavy (non-hydrogen) atoms. The highest BCUT2D eigenvalue weighted by Crippen LogP contribution is 2.27. The lowest BCUT2D eigenvalue weighted by atomic mass is 10.1. The first kappa shape index (κ1) is 16.3. The molecule has 4 nitrogen and oxygen atoms in total. The minimum atomic E-state index is -4.56. The quantitative estimate of drug-likeness (QED) is 0.783. The lowest BCUT2D eigenvalue weighted by molar-refractivity contribution is -0.145. The molecular weight excluding hydrogens is 275 g/mol. The first-order chi connectivity index (χ1) is 9.20. The van der Waals surface area contributed by atoms with Gasteiger partial charge in [0.25, 0.3) is 5.56 Å². The van der Waals surface area contributed by atoms with E-state index in [1.807, 2.05) is 13.8 Å². The predicted molar refractivity (Wildman–Crippen MR) is 66.1 cm³/mol. The molecular formula is C13H16F3NO3. The summed E-state index contributed by atoms with van der Waals surface area (Å²) in [6.07, 6.45) is -3.29. The first-order valence-electron chi connectivity index (χ1n) is 6.13. The van der Waals surface area contributed by atoms with Crippen LogP contribution in [0.2, 0.25) is 0 Å². The van der Waals surface area contributed by atoms with Crippen LogP contribution in [-0.2, 0) is 22.3 Å². The summed E-state index contributed by atoms with van der Waals surface area (Å²) in [4.78, 5) is 22.8. The Hall–Kier alpha value is -1.79. The molecule has 0 atom stereocenters. The zero-order valence-corrected chi connectivity index (χ0v) is 11.2. The standard InChI is InChI=1S/C13H16F3NO3/c1-9(2)5-6-20-12(19)8-17-7-10(13(14,15)16)3-4-11(17)18/h3-4,7,9H,5-6,8H2,1-2H3. The molecule has 0 fully saturated rings. The molecule has 0 aliphatic heterocycles. The predicted octanol–water partition coefficient (Wildman–Crippen LogP) is 2.46. The van der Waals surface area contributed by atoms with Gasteiger partial charge in [0.2, 0.25) is 0 Å². The summed E-state index contributed by atoms with van der Waals surface area (Å²) >= 11 is 0. The maximum Gasteiger partial charge on any atom is 0.417 e. The molecule has 0 saturated carbocycles. The number of nitrogens with zero attached hydrogens (tertiary/aromatic N) is 1. The number of esters is 1. The first-order valence-corrected chi connectivity index (χ1v) is 6.13. The normalized spacial score (nSPS) is 11.7. The minimum Gasteiger partial charge on any atom is -0.464 e. The maximum atomic E-state index is 12.5. The molecule has 112 valence electrons. The second kappa shape index (κ2) is 6.58. The van der Waals surface area contributed by atoms with Gasteiger partial charge in [0.15, 0.2) is 0 Å². The van der Waals surface area contributed by atoms with Gasteiger partial charge in [0, 0.05) is 12.3 Å². The van der Waals surface area contributed by atoms with E-state index in [1.165, 1.54) is 0 Å². The van der Waals surface area contributed by atoms with Gasteiger partial charge in [-0.05, 0) is 18.4 Å². The fraction of sp³-hybridized carbons (Fsp3) is 0.538. The van der Waals surface area contributed by atoms with Crippen LogP contribution in [0.25, 0.3) is 0 Å². The van der Waals surface area contributed by atoms with Gasteiger partial charge in [-0.25, -0.2) is 0 Å². The summed E-state index contributed by atoms with van der Waals surface area (Å²) in [5, 5.41) is 0. The van der Waals surface area contributed by atoms with Crippen LogP contribution < -0.4 is 5.56 Å². The third kappa shape index (κ3) is 5.07. The Balaban J connectivity index is 2.72. The van der Waals surface area contributed by atoms with E-state index in [-0.39, 0.29) is 6.61 Å². The van der Waals surface area contributed by atoms with Crippen LogP contribution in [-0.4, -0.2) is 17.1 Å². The SMILES string of the molecule is CC(C)CCOC(=O)Cn1cc(C(F)(F)F)ccc1=O. The number of hydrogen-bond acceptors (Lipinski definition) is 3. The van der Waals surface area contributed by atoms with Crippen LogP contribution in [0.15, 0.2) is 23.1 Å². The maximum absolute atomic E-state index is 12.5. The highest BCUT2D eigenvalue weighted by molar-refractivity contribution is 5.69. The molecule has 0 aliphatic carbocycles. The lowest BCUT2D eigenvalue weighted by Gasteiger charge is -2.11. The molecule has 1 rings (SSSR count). The van der Waals surface area contributed by atoms with Crippen molar-refractivity contribution in [2.75, 3.05) is 6.61 Å². The van der Waals surface area contributed by atoms with Crippen molar-refractivity contribution >= 4 is 5.97 Å². The average molecular weight is 291 g/mol. The zero-order valence-electron chi connectivity index (χ0n) is 11.2. The molecule has 0 unspecified atom stereocenters. The summed E-state index contributed by atoms with van der Waals surface area (Å²) in [5.74, 6) is -0.383. The van der Waals surface area contributed by atoms with Gasteiger partial charge in [0.05, 0.1) is 12.2 Å². The molecule has 0 aromatic carbocycles. The van der Waals surface area contributed by atoms with Crippen molar-refractivity contribution in [3.8, 4) is 0 Å². The van der Waals surface area contributed by atoms with Crippen molar-refractivity contribution in [3.63, 3.8) is 0 Å². The van der Waals surface area contributed by atoms with E-state index in [0.717, 1.165) is 6.07 Å². The van der Waals surface area contributed by atoms with Crippen molar-refractivity contribution in [1.82, 2.24) is 4.57 Å². The number of pyridine rings is 1. The van der Waals surface area contributed by atoms with Gasteiger partial charge in [-0.1, -0.05) is 13.8 Å². The number of hydrogen-bond donors (Lipinski definition) is 0. The second-order valence-electron chi connectivity index (χ2n) is 4.78. The van der Waals surface area contributed by atoms with Gasteiger partial charge < -0.3 is 9.30 Å². The van der Waals surface area contributed by atoms with Crippen LogP contribution in [0.5, 0.6) is 0 Å². The van der Waals surface area contributed by atoms with E-state index in [1.54, 1.807) is 0 Å². The van der Waals surface area contributed by atoms with Crippen molar-refractivity contribution in [2.24, 2.45) is 5.92 Å². The fourth-order valence-electron chi connectivity index (χ4n) is 1.42. The van der Waals surface area contributed by atoms with E-state index in [9.17, 15) is 22.8 Å². The van der Waals surface area contributed by atoms with Gasteiger partial charge in [-0.3, -0.25) is 9.59 Å². The summed E-state index contributed by atoms with van der Waals surface area (Å²) < 4.78 is 43.0. The number of carbonyl (C=O) groups is 1. The molecule has 0 bridgehead atoms. The van der Waals surface area contributed by atoms with E-state index in [2.05, 4.69) is 0 Å². The monoisotopic (exact) mass is 291 g/mol. The Morgan fingerprint density at radius 2 is 2.00 bits per heavy atom. The number of rotatable bonds is 5. The third-order valence-corrected chi connectivity index (χ3v) is 2.57. The minimum absolute atomic E-state index is 0.185. The van der Waals surface area contributed by atoms with Crippen molar-refractivity contribution < 1.29 is 22.7 Å². The second-order valence-corrected chi connectivity index (χ2v) is 4.78. The molecule has 0 spiro atoms.